The van der Waals surface area contributed by atoms with Crippen molar-refractivity contribution < 1.29 is 55.7 Å². The smallest absolute Gasteiger partial charge is 0.490 e. The molecule has 2 N–H and O–H groups in total. The van der Waals surface area contributed by atoms with Crippen LogP contribution in [-0.4, -0.2) is 100 Å². The number of carboxylic acid groups (broad SMARTS) is 2. The Morgan fingerprint density at radius 3 is 2.06 bits per heavy atom. The lowest BCUT2D eigenvalue weighted by Crippen LogP contribution is -2.34. The number of likely N-dealkylation sites (N-methyl/N-ethyl adjacent to an activating group) is 1. The van der Waals surface area contributed by atoms with Crippen molar-refractivity contribution in [3.63, 3.8) is 0 Å². The number of halogens is 6. The zero-order valence-electron chi connectivity index (χ0n) is 24.8. The summed E-state index contributed by atoms with van der Waals surface area (Å²) in [7, 11) is 3.61. The van der Waals surface area contributed by atoms with Crippen molar-refractivity contribution in [2.45, 2.75) is 25.3 Å². The SMILES string of the molecule is COc1c(C(=O)N2CCCN(C)CC2)sc2c1c(=O)n(Cc1ccccn1)c1ccccc21.O=C(O)C(F)(F)F.O=C(O)C(F)(F)F. The number of ether oxygens (including phenoxy) is 1. The maximum Gasteiger partial charge on any atom is 0.490 e. The highest BCUT2D eigenvalue weighted by atomic mass is 32.1. The number of nitrogens with zero attached hydrogens (tertiary/aromatic N) is 4. The number of fused-ring (bicyclic) bond motifs is 3. The van der Waals surface area contributed by atoms with Crippen molar-refractivity contribution in [3.8, 4) is 5.75 Å². The highest BCUT2D eigenvalue weighted by molar-refractivity contribution is 7.22. The molecule has 1 aliphatic heterocycles. The van der Waals surface area contributed by atoms with Crippen molar-refractivity contribution in [2.75, 3.05) is 40.3 Å². The van der Waals surface area contributed by atoms with E-state index in [1.807, 2.05) is 47.4 Å². The molecular weight excluding hydrogens is 662 g/mol. The third-order valence-corrected chi connectivity index (χ3v) is 7.89. The summed E-state index contributed by atoms with van der Waals surface area (Å²) in [6.07, 6.45) is -7.52. The molecule has 0 unspecified atom stereocenters. The van der Waals surface area contributed by atoms with Gasteiger partial charge in [-0.15, -0.1) is 11.3 Å². The van der Waals surface area contributed by atoms with E-state index in [0.29, 0.717) is 35.6 Å². The second-order valence-corrected chi connectivity index (χ2v) is 11.0. The molecule has 0 spiro atoms. The summed E-state index contributed by atoms with van der Waals surface area (Å²) in [5.41, 5.74) is 1.44. The molecule has 1 aromatic carbocycles. The Bertz CT molecular complexity index is 1770. The molecule has 11 nitrogen and oxygen atoms in total. The van der Waals surface area contributed by atoms with Crippen LogP contribution in [0.4, 0.5) is 26.3 Å². The van der Waals surface area contributed by atoms with Gasteiger partial charge in [0.05, 0.1) is 29.6 Å². The molecule has 0 saturated carbocycles. The number of carbonyl (C=O) groups is 3. The molecule has 5 rings (SSSR count). The quantitative estimate of drug-likeness (QED) is 0.291. The van der Waals surface area contributed by atoms with Crippen LogP contribution in [0.5, 0.6) is 5.75 Å². The first-order valence-corrected chi connectivity index (χ1v) is 14.4. The van der Waals surface area contributed by atoms with Crippen molar-refractivity contribution in [1.29, 1.82) is 0 Å². The number of aromatic nitrogens is 2. The van der Waals surface area contributed by atoms with Gasteiger partial charge in [-0.05, 0) is 38.2 Å². The molecule has 47 heavy (non-hydrogen) atoms. The second kappa shape index (κ2) is 15.3. The first-order chi connectivity index (χ1) is 22.0. The summed E-state index contributed by atoms with van der Waals surface area (Å²) < 4.78 is 71.7. The summed E-state index contributed by atoms with van der Waals surface area (Å²) in [4.78, 5) is 54.1. The van der Waals surface area contributed by atoms with Gasteiger partial charge < -0.3 is 29.3 Å². The lowest BCUT2D eigenvalue weighted by atomic mass is 10.1. The van der Waals surface area contributed by atoms with Gasteiger partial charge >= 0.3 is 24.3 Å². The predicted molar refractivity (Wildman–Crippen MR) is 159 cm³/mol. The summed E-state index contributed by atoms with van der Waals surface area (Å²) in [6.45, 7) is 3.51. The molecule has 254 valence electrons. The zero-order valence-corrected chi connectivity index (χ0v) is 25.6. The lowest BCUT2D eigenvalue weighted by molar-refractivity contribution is -0.193. The fourth-order valence-electron chi connectivity index (χ4n) is 4.48. The van der Waals surface area contributed by atoms with Gasteiger partial charge in [0.1, 0.15) is 10.3 Å². The molecular formula is C29H28F6N4O7S. The van der Waals surface area contributed by atoms with Crippen LogP contribution in [0, 0.1) is 0 Å². The topological polar surface area (TPSA) is 142 Å². The number of amides is 1. The number of aliphatic carboxylic acids is 2. The van der Waals surface area contributed by atoms with E-state index < -0.39 is 24.3 Å². The summed E-state index contributed by atoms with van der Waals surface area (Å²) in [5.74, 6) is -5.20. The Morgan fingerprint density at radius 1 is 0.915 bits per heavy atom. The molecule has 0 atom stereocenters. The molecule has 4 aromatic rings. The number of thiophene rings is 1. The molecule has 1 saturated heterocycles. The molecule has 0 bridgehead atoms. The van der Waals surface area contributed by atoms with Gasteiger partial charge in [0.15, 0.2) is 5.75 Å². The van der Waals surface area contributed by atoms with Crippen LogP contribution in [0.25, 0.3) is 21.0 Å². The maximum atomic E-state index is 13.8. The van der Waals surface area contributed by atoms with Crippen molar-refractivity contribution >= 4 is 50.2 Å². The first-order valence-electron chi connectivity index (χ1n) is 13.6. The zero-order chi connectivity index (χ0) is 35.1. The fourth-order valence-corrected chi connectivity index (χ4v) is 5.75. The molecule has 1 fully saturated rings. The Morgan fingerprint density at radius 2 is 1.51 bits per heavy atom. The third kappa shape index (κ3) is 9.19. The molecule has 1 amide bonds. The molecule has 0 aliphatic carbocycles. The summed E-state index contributed by atoms with van der Waals surface area (Å²) >= 11 is 1.36. The average Bonchev–Trinajstić information content (AvgIpc) is 3.27. The van der Waals surface area contributed by atoms with Crippen LogP contribution >= 0.6 is 11.3 Å². The van der Waals surface area contributed by atoms with Crippen LogP contribution < -0.4 is 10.3 Å². The third-order valence-electron chi connectivity index (χ3n) is 6.70. The van der Waals surface area contributed by atoms with E-state index in [4.69, 9.17) is 24.5 Å². The number of hydrogen-bond acceptors (Lipinski definition) is 8. The minimum Gasteiger partial charge on any atom is -0.494 e. The van der Waals surface area contributed by atoms with Gasteiger partial charge in [-0.1, -0.05) is 24.3 Å². The van der Waals surface area contributed by atoms with E-state index in [1.165, 1.54) is 18.4 Å². The largest absolute Gasteiger partial charge is 0.494 e. The van der Waals surface area contributed by atoms with Gasteiger partial charge in [-0.2, -0.15) is 26.3 Å². The van der Waals surface area contributed by atoms with Gasteiger partial charge in [-0.3, -0.25) is 14.6 Å². The molecule has 4 heterocycles. The summed E-state index contributed by atoms with van der Waals surface area (Å²) in [6, 6.07) is 13.5. The van der Waals surface area contributed by atoms with E-state index in [-0.39, 0.29) is 11.5 Å². The van der Waals surface area contributed by atoms with Crippen molar-refractivity contribution in [1.82, 2.24) is 19.4 Å². The van der Waals surface area contributed by atoms with Crippen molar-refractivity contribution in [3.05, 3.63) is 69.6 Å². The molecule has 3 aromatic heterocycles. The van der Waals surface area contributed by atoms with Gasteiger partial charge in [0, 0.05) is 31.2 Å². The number of hydrogen-bond donors (Lipinski definition) is 2. The number of benzene rings is 1. The van der Waals surface area contributed by atoms with Crippen molar-refractivity contribution in [2.24, 2.45) is 0 Å². The predicted octanol–water partition coefficient (Wildman–Crippen LogP) is 4.71. The number of carboxylic acids is 2. The van der Waals surface area contributed by atoms with Gasteiger partial charge in [-0.25, -0.2) is 9.59 Å². The number of methoxy groups -OCH3 is 1. The molecule has 18 heteroatoms. The number of carbonyl (C=O) groups excluding carboxylic acids is 1. The molecule has 0 radical (unpaired) electrons. The van der Waals surface area contributed by atoms with Gasteiger partial charge in [0.25, 0.3) is 11.5 Å². The van der Waals surface area contributed by atoms with Crippen LogP contribution in [0.1, 0.15) is 21.8 Å². The van der Waals surface area contributed by atoms with Crippen LogP contribution in [0.15, 0.2) is 53.5 Å². The Labute approximate surface area is 266 Å². The molecule has 1 aliphatic rings. The Kier molecular flexibility index (Phi) is 11.9. The average molecular weight is 691 g/mol. The highest BCUT2D eigenvalue weighted by Crippen LogP contribution is 2.40. The minimum atomic E-state index is -5.08. The second-order valence-electron chi connectivity index (χ2n) is 9.95. The van der Waals surface area contributed by atoms with Crippen LogP contribution in [0.3, 0.4) is 0 Å². The standard InChI is InChI=1S/C25H26N4O3S.2C2HF3O2/c1-27-12-7-13-28(15-14-27)25(31)23-21(32-2)20-22(33-23)18-9-3-4-10-19(18)29(24(20)30)16-17-8-5-6-11-26-17;2*3-2(4,5)1(6)7/h3-6,8-11H,7,12-16H2,1-2H3;2*(H,6,7). The number of alkyl halides is 6. The van der Waals surface area contributed by atoms with E-state index in [9.17, 15) is 35.9 Å². The minimum absolute atomic E-state index is 0.0666. The first kappa shape index (κ1) is 36.8. The number of rotatable bonds is 4. The van der Waals surface area contributed by atoms with E-state index in [0.717, 1.165) is 40.8 Å². The lowest BCUT2D eigenvalue weighted by Gasteiger charge is -2.20. The van der Waals surface area contributed by atoms with Crippen LogP contribution in [-0.2, 0) is 16.1 Å². The Balaban J connectivity index is 0.000000360. The number of para-hydroxylation sites is 1. The monoisotopic (exact) mass is 690 g/mol. The van der Waals surface area contributed by atoms with Crippen LogP contribution in [0.2, 0.25) is 0 Å². The maximum absolute atomic E-state index is 13.8. The fraction of sp³-hybridized carbons (Fsp3) is 0.345. The Hall–Kier alpha value is -4.71. The van der Waals surface area contributed by atoms with E-state index in [1.54, 1.807) is 10.8 Å². The normalized spacial score (nSPS) is 14.0. The van der Waals surface area contributed by atoms with E-state index >= 15 is 0 Å². The van der Waals surface area contributed by atoms with E-state index in [2.05, 4.69) is 16.9 Å². The number of pyridine rings is 2. The van der Waals surface area contributed by atoms with Gasteiger partial charge in [0.2, 0.25) is 0 Å². The highest BCUT2D eigenvalue weighted by Gasteiger charge is 2.39. The summed E-state index contributed by atoms with van der Waals surface area (Å²) in [5, 5.41) is 15.6.